The fraction of sp³-hybridized carbons (Fsp3) is 0.917. The second kappa shape index (κ2) is 5.08. The van der Waals surface area contributed by atoms with Gasteiger partial charge in [-0.05, 0) is 25.7 Å². The maximum absolute atomic E-state index is 11.9. The van der Waals surface area contributed by atoms with Crippen LogP contribution in [0.5, 0.6) is 0 Å². The van der Waals surface area contributed by atoms with Gasteiger partial charge in [0.25, 0.3) is 0 Å². The molecular weight excluding hydrogens is 190 g/mol. The normalized spacial score (nSPS) is 35.1. The monoisotopic (exact) mass is 211 g/mol. The summed E-state index contributed by atoms with van der Waals surface area (Å²) in [6.07, 6.45) is 6.55. The lowest BCUT2D eigenvalue weighted by Crippen LogP contribution is -2.50. The van der Waals surface area contributed by atoms with Gasteiger partial charge in [0.15, 0.2) is 0 Å². The number of hydrogen-bond acceptors (Lipinski definition) is 3. The van der Waals surface area contributed by atoms with E-state index in [9.17, 15) is 4.79 Å². The Balaban J connectivity index is 1.85. The van der Waals surface area contributed by atoms with E-state index in [1.165, 1.54) is 19.3 Å². The lowest BCUT2D eigenvalue weighted by molar-refractivity contribution is -0.125. The minimum atomic E-state index is 0.302. The van der Waals surface area contributed by atoms with Crippen molar-refractivity contribution in [1.29, 1.82) is 0 Å². The number of hydrogen-bond donors (Lipinski definition) is 1. The van der Waals surface area contributed by atoms with E-state index in [4.69, 9.17) is 4.74 Å². The molecule has 0 aromatic heterocycles. The molecule has 3 heteroatoms. The Hall–Kier alpha value is -0.410. The van der Waals surface area contributed by atoms with E-state index in [-0.39, 0.29) is 0 Å². The second-order valence-corrected chi connectivity index (χ2v) is 4.87. The van der Waals surface area contributed by atoms with Crippen LogP contribution in [0.25, 0.3) is 0 Å². The van der Waals surface area contributed by atoms with E-state index in [1.807, 2.05) is 0 Å². The van der Waals surface area contributed by atoms with Crippen molar-refractivity contribution in [3.63, 3.8) is 0 Å². The molecule has 2 atom stereocenters. The Labute approximate surface area is 91.6 Å². The first kappa shape index (κ1) is 11.1. The molecular formula is C12H21NO2. The highest BCUT2D eigenvalue weighted by atomic mass is 16.5. The summed E-state index contributed by atoms with van der Waals surface area (Å²) >= 11 is 0. The molecule has 2 unspecified atom stereocenters. The zero-order chi connectivity index (χ0) is 10.7. The predicted molar refractivity (Wildman–Crippen MR) is 58.8 cm³/mol. The third-order valence-corrected chi connectivity index (χ3v) is 3.72. The van der Waals surface area contributed by atoms with E-state index in [0.29, 0.717) is 36.8 Å². The van der Waals surface area contributed by atoms with Gasteiger partial charge < -0.3 is 10.1 Å². The van der Waals surface area contributed by atoms with Crippen molar-refractivity contribution in [3.05, 3.63) is 0 Å². The molecule has 2 heterocycles. The Morgan fingerprint density at radius 1 is 1.33 bits per heavy atom. The number of carbonyl (C=O) groups excluding carboxylic acids is 1. The maximum atomic E-state index is 11.9. The van der Waals surface area contributed by atoms with Crippen LogP contribution in [0.1, 0.15) is 38.5 Å². The topological polar surface area (TPSA) is 38.3 Å². The fourth-order valence-corrected chi connectivity index (χ4v) is 2.94. The third-order valence-electron chi connectivity index (χ3n) is 3.72. The van der Waals surface area contributed by atoms with Crippen LogP contribution < -0.4 is 5.32 Å². The molecule has 0 aromatic carbocycles. The number of methoxy groups -OCH3 is 1. The molecule has 2 rings (SSSR count). The summed E-state index contributed by atoms with van der Waals surface area (Å²) in [5.41, 5.74) is 0. The Morgan fingerprint density at radius 2 is 2.00 bits per heavy atom. The summed E-state index contributed by atoms with van der Waals surface area (Å²) in [4.78, 5) is 11.9. The summed E-state index contributed by atoms with van der Waals surface area (Å²) in [6.45, 7) is 0.581. The van der Waals surface area contributed by atoms with Crippen molar-refractivity contribution in [1.82, 2.24) is 5.32 Å². The quantitative estimate of drug-likeness (QED) is 0.766. The molecule has 0 aliphatic carbocycles. The van der Waals surface area contributed by atoms with Gasteiger partial charge >= 0.3 is 0 Å². The molecule has 2 aliphatic heterocycles. The van der Waals surface area contributed by atoms with E-state index >= 15 is 0 Å². The van der Waals surface area contributed by atoms with Crippen LogP contribution in [-0.4, -0.2) is 31.6 Å². The maximum Gasteiger partial charge on any atom is 0.138 e. The largest absolute Gasteiger partial charge is 0.384 e. The van der Waals surface area contributed by atoms with E-state index in [1.54, 1.807) is 7.11 Å². The Kier molecular flexibility index (Phi) is 3.76. The Bertz CT molecular complexity index is 218. The van der Waals surface area contributed by atoms with Crippen LogP contribution in [0.15, 0.2) is 0 Å². The molecule has 2 aliphatic rings. The molecule has 2 saturated heterocycles. The number of Topliss-reactive ketones (excluding diaryl/α,β-unsaturated/α-hetero) is 1. The second-order valence-electron chi connectivity index (χ2n) is 4.87. The molecule has 2 bridgehead atoms. The van der Waals surface area contributed by atoms with Crippen molar-refractivity contribution in [2.75, 3.05) is 13.7 Å². The number of fused-ring (bicyclic) bond motifs is 2. The highest BCUT2D eigenvalue weighted by Gasteiger charge is 2.33. The minimum absolute atomic E-state index is 0.302. The smallest absolute Gasteiger partial charge is 0.138 e. The average Bonchev–Trinajstić information content (AvgIpc) is 2.25. The van der Waals surface area contributed by atoms with Gasteiger partial charge in [-0.1, -0.05) is 6.42 Å². The van der Waals surface area contributed by atoms with Gasteiger partial charge in [-0.2, -0.15) is 0 Å². The zero-order valence-electron chi connectivity index (χ0n) is 9.50. The van der Waals surface area contributed by atoms with Crippen LogP contribution >= 0.6 is 0 Å². The number of nitrogens with one attached hydrogen (secondary N) is 1. The summed E-state index contributed by atoms with van der Waals surface area (Å²) in [6, 6.07) is 1.21. The van der Waals surface area contributed by atoms with Crippen molar-refractivity contribution in [2.45, 2.75) is 50.6 Å². The molecule has 0 saturated carbocycles. The molecule has 15 heavy (non-hydrogen) atoms. The molecule has 0 aromatic rings. The number of ketones is 1. The average molecular weight is 211 g/mol. The highest BCUT2D eigenvalue weighted by Crippen LogP contribution is 2.30. The first-order chi connectivity index (χ1) is 7.29. The number of piperidine rings is 2. The van der Waals surface area contributed by atoms with Gasteiger partial charge in [0, 0.05) is 31.5 Å². The summed E-state index contributed by atoms with van der Waals surface area (Å²) < 4.78 is 4.96. The molecule has 1 N–H and O–H groups in total. The van der Waals surface area contributed by atoms with E-state index in [0.717, 1.165) is 12.8 Å². The SMILES string of the molecule is COCCC(=O)C1CC2CCCC(C1)N2. The van der Waals surface area contributed by atoms with Crippen LogP contribution in [0.2, 0.25) is 0 Å². The zero-order valence-corrected chi connectivity index (χ0v) is 9.50. The first-order valence-electron chi connectivity index (χ1n) is 6.07. The number of carbonyl (C=O) groups is 1. The highest BCUT2D eigenvalue weighted by molar-refractivity contribution is 5.81. The van der Waals surface area contributed by atoms with Crippen LogP contribution in [0.3, 0.4) is 0 Å². The lowest BCUT2D eigenvalue weighted by Gasteiger charge is -2.39. The molecule has 0 radical (unpaired) electrons. The van der Waals surface area contributed by atoms with Gasteiger partial charge in [-0.15, -0.1) is 0 Å². The van der Waals surface area contributed by atoms with Crippen molar-refractivity contribution in [2.24, 2.45) is 5.92 Å². The van der Waals surface area contributed by atoms with Gasteiger partial charge in [-0.3, -0.25) is 4.79 Å². The van der Waals surface area contributed by atoms with Gasteiger partial charge in [-0.25, -0.2) is 0 Å². The van der Waals surface area contributed by atoms with Gasteiger partial charge in [0.2, 0.25) is 0 Å². The van der Waals surface area contributed by atoms with Crippen molar-refractivity contribution < 1.29 is 9.53 Å². The minimum Gasteiger partial charge on any atom is -0.384 e. The number of rotatable bonds is 4. The lowest BCUT2D eigenvalue weighted by atomic mass is 9.78. The van der Waals surface area contributed by atoms with E-state index < -0.39 is 0 Å². The van der Waals surface area contributed by atoms with Crippen LogP contribution in [0.4, 0.5) is 0 Å². The van der Waals surface area contributed by atoms with E-state index in [2.05, 4.69) is 5.32 Å². The molecule has 0 amide bonds. The fourth-order valence-electron chi connectivity index (χ4n) is 2.94. The molecule has 86 valence electrons. The van der Waals surface area contributed by atoms with Crippen molar-refractivity contribution in [3.8, 4) is 0 Å². The van der Waals surface area contributed by atoms with Crippen molar-refractivity contribution >= 4 is 5.78 Å². The molecule has 2 fully saturated rings. The standard InChI is InChI=1S/C12H21NO2/c1-15-6-5-12(14)9-7-10-3-2-4-11(8-9)13-10/h9-11,13H,2-8H2,1H3. The predicted octanol–water partition coefficient (Wildman–Crippen LogP) is 1.51. The summed E-state index contributed by atoms with van der Waals surface area (Å²) in [5.74, 6) is 0.715. The molecule has 0 spiro atoms. The third kappa shape index (κ3) is 2.79. The summed E-state index contributed by atoms with van der Waals surface area (Å²) in [7, 11) is 1.66. The van der Waals surface area contributed by atoms with Gasteiger partial charge in [0.1, 0.15) is 5.78 Å². The Morgan fingerprint density at radius 3 is 2.60 bits per heavy atom. The summed E-state index contributed by atoms with van der Waals surface area (Å²) in [5, 5.41) is 3.61. The first-order valence-corrected chi connectivity index (χ1v) is 6.07. The van der Waals surface area contributed by atoms with Crippen LogP contribution in [-0.2, 0) is 9.53 Å². The van der Waals surface area contributed by atoms with Gasteiger partial charge in [0.05, 0.1) is 6.61 Å². The number of ether oxygens (including phenoxy) is 1. The van der Waals surface area contributed by atoms with Crippen LogP contribution in [0, 0.1) is 5.92 Å². The molecule has 3 nitrogen and oxygen atoms in total.